The number of benzene rings is 4. The van der Waals surface area contributed by atoms with E-state index >= 15 is 0 Å². The number of para-hydroxylation sites is 2. The summed E-state index contributed by atoms with van der Waals surface area (Å²) in [6, 6.07) is 32.5. The van der Waals surface area contributed by atoms with E-state index in [9.17, 15) is 19.2 Å². The lowest BCUT2D eigenvalue weighted by molar-refractivity contribution is 0.0646. The van der Waals surface area contributed by atoms with Gasteiger partial charge in [0.25, 0.3) is 23.6 Å². The first-order valence-electron chi connectivity index (χ1n) is 15.2. The molecule has 234 valence electrons. The lowest BCUT2D eigenvalue weighted by atomic mass is 9.98. The number of pyridine rings is 1. The number of aryl methyl sites for hydroxylation is 1. The number of carbonyl (C=O) groups is 4. The van der Waals surface area contributed by atoms with Gasteiger partial charge in [-0.3, -0.25) is 24.1 Å². The zero-order chi connectivity index (χ0) is 32.9. The molecule has 6 rings (SSSR count). The number of carbonyl (C=O) groups excluding carboxylic acids is 4. The average Bonchev–Trinajstić information content (AvgIpc) is 3.35. The normalized spacial score (nSPS) is 12.1. The van der Waals surface area contributed by atoms with Crippen molar-refractivity contribution in [3.05, 3.63) is 143 Å². The first-order valence-corrected chi connectivity index (χ1v) is 15.2. The van der Waals surface area contributed by atoms with E-state index in [1.165, 1.54) is 16.0 Å². The molecule has 0 atom stereocenters. The second kappa shape index (κ2) is 13.5. The Balaban J connectivity index is 1.07. The molecule has 9 nitrogen and oxygen atoms in total. The minimum Gasteiger partial charge on any atom is -0.491 e. The largest absolute Gasteiger partial charge is 0.491 e. The third kappa shape index (κ3) is 6.50. The van der Waals surface area contributed by atoms with Crippen LogP contribution in [-0.4, -0.2) is 53.7 Å². The molecule has 0 saturated carbocycles. The SMILES string of the molecule is Cc1ccc(-c2ccccc2C(=O)Nc2ccc(C(=O)N(C)c3ccccc3OCCCN3C(=O)c4ccccc4C3=O)cn2)cc1. The summed E-state index contributed by atoms with van der Waals surface area (Å²) in [5.74, 6) is -0.434. The molecule has 0 fully saturated rings. The third-order valence-corrected chi connectivity index (χ3v) is 7.98. The molecule has 1 aromatic heterocycles. The Labute approximate surface area is 272 Å². The van der Waals surface area contributed by atoms with Crippen molar-refractivity contribution in [2.45, 2.75) is 13.3 Å². The summed E-state index contributed by atoms with van der Waals surface area (Å²) in [4.78, 5) is 58.9. The molecule has 4 amide bonds. The number of ether oxygens (including phenoxy) is 1. The number of anilines is 2. The van der Waals surface area contributed by atoms with Crippen molar-refractivity contribution in [3.8, 4) is 16.9 Å². The molecule has 5 aromatic rings. The van der Waals surface area contributed by atoms with E-state index in [-0.39, 0.29) is 36.8 Å². The van der Waals surface area contributed by atoms with Crippen LogP contribution in [0.15, 0.2) is 115 Å². The first-order chi connectivity index (χ1) is 22.8. The number of hydrogen-bond acceptors (Lipinski definition) is 6. The maximum absolute atomic E-state index is 13.4. The number of nitrogens with one attached hydrogen (secondary N) is 1. The standard InChI is InChI=1S/C38H32N4O5/c1-25-16-18-26(19-17-25)28-10-3-4-11-29(28)35(43)40-34-21-20-27(24-39-34)36(44)41(2)32-14-7-8-15-33(32)47-23-9-22-42-37(45)30-12-5-6-13-31(30)38(42)46/h3-8,10-21,24H,9,22-23H2,1-2H3,(H,39,40,43). The van der Waals surface area contributed by atoms with Crippen molar-refractivity contribution < 1.29 is 23.9 Å². The molecule has 0 aliphatic carbocycles. The Bertz CT molecular complexity index is 1940. The molecule has 4 aromatic carbocycles. The molecule has 9 heteroatoms. The second-order valence-corrected chi connectivity index (χ2v) is 11.1. The van der Waals surface area contributed by atoms with Crippen molar-refractivity contribution in [1.82, 2.24) is 9.88 Å². The minimum absolute atomic E-state index is 0.218. The zero-order valence-electron chi connectivity index (χ0n) is 26.0. The molecular formula is C38H32N4O5. The molecule has 0 radical (unpaired) electrons. The molecular weight excluding hydrogens is 592 g/mol. The van der Waals surface area contributed by atoms with E-state index in [1.807, 2.05) is 49.4 Å². The van der Waals surface area contributed by atoms with Crippen molar-refractivity contribution >= 4 is 35.1 Å². The summed E-state index contributed by atoms with van der Waals surface area (Å²) in [5.41, 5.74) is 5.09. The van der Waals surface area contributed by atoms with Gasteiger partial charge in [0.05, 0.1) is 29.0 Å². The van der Waals surface area contributed by atoms with Crippen molar-refractivity contribution in [2.75, 3.05) is 30.4 Å². The fourth-order valence-electron chi connectivity index (χ4n) is 5.45. The third-order valence-electron chi connectivity index (χ3n) is 7.98. The van der Waals surface area contributed by atoms with Gasteiger partial charge >= 0.3 is 0 Å². The van der Waals surface area contributed by atoms with Gasteiger partial charge in [0, 0.05) is 25.4 Å². The van der Waals surface area contributed by atoms with Crippen molar-refractivity contribution in [1.29, 1.82) is 0 Å². The van der Waals surface area contributed by atoms with Crippen LogP contribution in [0.3, 0.4) is 0 Å². The summed E-state index contributed by atoms with van der Waals surface area (Å²) in [6.07, 6.45) is 1.84. The van der Waals surface area contributed by atoms with Crippen molar-refractivity contribution in [2.24, 2.45) is 0 Å². The predicted molar refractivity (Wildman–Crippen MR) is 180 cm³/mol. The molecule has 0 saturated heterocycles. The summed E-state index contributed by atoms with van der Waals surface area (Å²) in [7, 11) is 1.64. The van der Waals surface area contributed by atoms with Crippen LogP contribution >= 0.6 is 0 Å². The number of hydrogen-bond donors (Lipinski definition) is 1. The lowest BCUT2D eigenvalue weighted by Gasteiger charge is -2.21. The Hall–Kier alpha value is -6.09. The first kappa shape index (κ1) is 30.9. The van der Waals surface area contributed by atoms with Crippen LogP contribution < -0.4 is 15.0 Å². The molecule has 1 aliphatic rings. The van der Waals surface area contributed by atoms with E-state index in [4.69, 9.17) is 4.74 Å². The maximum Gasteiger partial charge on any atom is 0.261 e. The highest BCUT2D eigenvalue weighted by Crippen LogP contribution is 2.29. The molecule has 0 bridgehead atoms. The van der Waals surface area contributed by atoms with Gasteiger partial charge < -0.3 is 15.0 Å². The van der Waals surface area contributed by atoms with E-state index in [0.29, 0.717) is 45.9 Å². The topological polar surface area (TPSA) is 109 Å². The summed E-state index contributed by atoms with van der Waals surface area (Å²) >= 11 is 0. The summed E-state index contributed by atoms with van der Waals surface area (Å²) in [5, 5.41) is 2.83. The number of nitrogens with zero attached hydrogens (tertiary/aromatic N) is 3. The van der Waals surface area contributed by atoms with Crippen LogP contribution in [0.4, 0.5) is 11.5 Å². The van der Waals surface area contributed by atoms with Crippen LogP contribution in [0, 0.1) is 6.92 Å². The van der Waals surface area contributed by atoms with E-state index in [1.54, 1.807) is 73.8 Å². The highest BCUT2D eigenvalue weighted by molar-refractivity contribution is 6.21. The van der Waals surface area contributed by atoms with Crippen LogP contribution in [0.25, 0.3) is 11.1 Å². The van der Waals surface area contributed by atoms with Gasteiger partial charge in [0.1, 0.15) is 11.6 Å². The Morgan fingerprint density at radius 1 is 0.787 bits per heavy atom. The van der Waals surface area contributed by atoms with E-state index in [2.05, 4.69) is 10.3 Å². The Morgan fingerprint density at radius 3 is 2.11 bits per heavy atom. The van der Waals surface area contributed by atoms with Crippen LogP contribution in [0.2, 0.25) is 0 Å². The molecule has 1 aliphatic heterocycles. The van der Waals surface area contributed by atoms with Crippen LogP contribution in [0.5, 0.6) is 5.75 Å². The monoisotopic (exact) mass is 624 g/mol. The van der Waals surface area contributed by atoms with Gasteiger partial charge in [0.2, 0.25) is 0 Å². The maximum atomic E-state index is 13.4. The number of imide groups is 1. The molecule has 0 unspecified atom stereocenters. The fourth-order valence-corrected chi connectivity index (χ4v) is 5.45. The number of rotatable bonds is 10. The molecule has 0 spiro atoms. The number of amides is 4. The van der Waals surface area contributed by atoms with Gasteiger partial charge in [-0.15, -0.1) is 0 Å². The Kier molecular flexibility index (Phi) is 8.88. The van der Waals surface area contributed by atoms with Gasteiger partial charge in [-0.2, -0.15) is 0 Å². The molecule has 2 heterocycles. The summed E-state index contributed by atoms with van der Waals surface area (Å²) < 4.78 is 6.00. The quantitative estimate of drug-likeness (QED) is 0.138. The fraction of sp³-hybridized carbons (Fsp3) is 0.132. The molecule has 47 heavy (non-hydrogen) atoms. The van der Waals surface area contributed by atoms with Gasteiger partial charge in [-0.05, 0) is 66.9 Å². The Morgan fingerprint density at radius 2 is 1.43 bits per heavy atom. The predicted octanol–water partition coefficient (Wildman–Crippen LogP) is 6.65. The van der Waals surface area contributed by atoms with Crippen LogP contribution in [0.1, 0.15) is 53.4 Å². The number of aromatic nitrogens is 1. The van der Waals surface area contributed by atoms with Crippen LogP contribution in [-0.2, 0) is 0 Å². The van der Waals surface area contributed by atoms with Gasteiger partial charge in [-0.1, -0.05) is 72.3 Å². The van der Waals surface area contributed by atoms with Gasteiger partial charge in [-0.25, -0.2) is 4.98 Å². The lowest BCUT2D eigenvalue weighted by Crippen LogP contribution is -2.31. The highest BCUT2D eigenvalue weighted by atomic mass is 16.5. The minimum atomic E-state index is -0.317. The molecule has 1 N–H and O–H groups in total. The zero-order valence-corrected chi connectivity index (χ0v) is 26.0. The van der Waals surface area contributed by atoms with E-state index in [0.717, 1.165) is 16.7 Å². The van der Waals surface area contributed by atoms with Crippen molar-refractivity contribution in [3.63, 3.8) is 0 Å². The second-order valence-electron chi connectivity index (χ2n) is 11.1. The highest BCUT2D eigenvalue weighted by Gasteiger charge is 2.34. The summed E-state index contributed by atoms with van der Waals surface area (Å²) in [6.45, 7) is 2.46. The average molecular weight is 625 g/mol. The van der Waals surface area contributed by atoms with Gasteiger partial charge in [0.15, 0.2) is 0 Å². The smallest absolute Gasteiger partial charge is 0.261 e. The van der Waals surface area contributed by atoms with E-state index < -0.39 is 0 Å². The number of fused-ring (bicyclic) bond motifs is 1.